The number of ether oxygens (including phenoxy) is 1. The molecule has 1 heterocycles. The summed E-state index contributed by atoms with van der Waals surface area (Å²) in [6.07, 6.45) is 3.21. The van der Waals surface area contributed by atoms with Crippen molar-refractivity contribution in [1.29, 1.82) is 0 Å². The molecule has 0 aromatic heterocycles. The maximum absolute atomic E-state index is 11.6. The lowest BCUT2D eigenvalue weighted by Crippen LogP contribution is -2.40. The van der Waals surface area contributed by atoms with Crippen molar-refractivity contribution >= 4 is 10.0 Å². The van der Waals surface area contributed by atoms with E-state index in [-0.39, 0.29) is 5.92 Å². The minimum Gasteiger partial charge on any atom is -0.493 e. The minimum atomic E-state index is -3.08. The van der Waals surface area contributed by atoms with Gasteiger partial charge >= 0.3 is 0 Å². The quantitative estimate of drug-likeness (QED) is 0.857. The van der Waals surface area contributed by atoms with Crippen LogP contribution in [0.15, 0.2) is 18.2 Å². The Kier molecular flexibility index (Phi) is 4.70. The molecule has 1 saturated heterocycles. The molecule has 0 aliphatic carbocycles. The number of hydrogen-bond acceptors (Lipinski definition) is 3. The van der Waals surface area contributed by atoms with Crippen LogP contribution in [-0.4, -0.2) is 38.7 Å². The van der Waals surface area contributed by atoms with Crippen molar-refractivity contribution in [3.8, 4) is 5.75 Å². The highest BCUT2D eigenvalue weighted by Crippen LogP contribution is 2.24. The minimum absolute atomic E-state index is 0.276. The van der Waals surface area contributed by atoms with Gasteiger partial charge in [-0.15, -0.1) is 0 Å². The van der Waals surface area contributed by atoms with Crippen LogP contribution in [0.4, 0.5) is 0 Å². The second kappa shape index (κ2) is 6.14. The predicted molar refractivity (Wildman–Crippen MR) is 80.6 cm³/mol. The van der Waals surface area contributed by atoms with E-state index < -0.39 is 10.0 Å². The van der Waals surface area contributed by atoms with Crippen LogP contribution in [0.3, 0.4) is 0 Å². The summed E-state index contributed by atoms with van der Waals surface area (Å²) in [5.74, 6) is 1.18. The van der Waals surface area contributed by atoms with E-state index in [1.165, 1.54) is 11.8 Å². The summed E-state index contributed by atoms with van der Waals surface area (Å²) in [5.41, 5.74) is 2.37. The third kappa shape index (κ3) is 3.73. The molecule has 5 heteroatoms. The second-order valence-electron chi connectivity index (χ2n) is 5.64. The number of nitrogens with zero attached hydrogens (tertiary/aromatic N) is 1. The Hall–Kier alpha value is -1.07. The topological polar surface area (TPSA) is 46.6 Å². The fourth-order valence-electron chi connectivity index (χ4n) is 2.55. The van der Waals surface area contributed by atoms with Crippen molar-refractivity contribution in [2.24, 2.45) is 5.92 Å². The van der Waals surface area contributed by atoms with Gasteiger partial charge in [-0.05, 0) is 43.9 Å². The Morgan fingerprint density at radius 1 is 1.35 bits per heavy atom. The summed E-state index contributed by atoms with van der Waals surface area (Å²) in [7, 11) is -3.08. The lowest BCUT2D eigenvalue weighted by molar-refractivity contribution is 0.180. The highest BCUT2D eigenvalue weighted by Gasteiger charge is 2.26. The molecule has 112 valence electrons. The first-order chi connectivity index (χ1) is 9.38. The van der Waals surface area contributed by atoms with Crippen molar-refractivity contribution in [2.45, 2.75) is 26.7 Å². The van der Waals surface area contributed by atoms with Crippen LogP contribution in [0.2, 0.25) is 0 Å². The van der Waals surface area contributed by atoms with Gasteiger partial charge in [-0.3, -0.25) is 0 Å². The van der Waals surface area contributed by atoms with E-state index in [1.807, 2.05) is 19.1 Å². The molecule has 1 aliphatic heterocycles. The van der Waals surface area contributed by atoms with Crippen molar-refractivity contribution in [3.05, 3.63) is 29.3 Å². The first-order valence-corrected chi connectivity index (χ1v) is 8.87. The van der Waals surface area contributed by atoms with E-state index in [0.717, 1.165) is 24.2 Å². The number of aryl methyl sites for hydroxylation is 1. The molecule has 1 unspecified atom stereocenters. The third-order valence-electron chi connectivity index (χ3n) is 3.98. The molecule has 1 aromatic rings. The number of rotatable bonds is 4. The average Bonchev–Trinajstić information content (AvgIpc) is 2.40. The molecule has 1 aliphatic rings. The van der Waals surface area contributed by atoms with Gasteiger partial charge in [0.2, 0.25) is 10.0 Å². The van der Waals surface area contributed by atoms with Crippen LogP contribution < -0.4 is 4.74 Å². The fraction of sp³-hybridized carbons (Fsp3) is 0.600. The fourth-order valence-corrected chi connectivity index (χ4v) is 3.49. The molecule has 1 fully saturated rings. The average molecular weight is 297 g/mol. The lowest BCUT2D eigenvalue weighted by atomic mass is 10.0. The molecule has 0 spiro atoms. The van der Waals surface area contributed by atoms with Crippen LogP contribution in [0.5, 0.6) is 5.75 Å². The monoisotopic (exact) mass is 297 g/mol. The van der Waals surface area contributed by atoms with Gasteiger partial charge in [0.1, 0.15) is 5.75 Å². The molecule has 4 nitrogen and oxygen atoms in total. The van der Waals surface area contributed by atoms with E-state index in [2.05, 4.69) is 13.0 Å². The molecular formula is C15H23NO3S. The maximum atomic E-state index is 11.6. The molecule has 0 N–H and O–H groups in total. The van der Waals surface area contributed by atoms with Gasteiger partial charge in [0, 0.05) is 19.0 Å². The third-order valence-corrected chi connectivity index (χ3v) is 5.25. The van der Waals surface area contributed by atoms with Gasteiger partial charge in [0.15, 0.2) is 0 Å². The number of sulfonamides is 1. The number of piperidine rings is 1. The largest absolute Gasteiger partial charge is 0.493 e. The first kappa shape index (κ1) is 15.3. The zero-order valence-electron chi connectivity index (χ0n) is 12.4. The van der Waals surface area contributed by atoms with Crippen molar-refractivity contribution in [1.82, 2.24) is 4.31 Å². The molecule has 20 heavy (non-hydrogen) atoms. The Balaban J connectivity index is 1.95. The van der Waals surface area contributed by atoms with Crippen LogP contribution in [0, 0.1) is 19.8 Å². The maximum Gasteiger partial charge on any atom is 0.211 e. The van der Waals surface area contributed by atoms with Crippen molar-refractivity contribution in [3.63, 3.8) is 0 Å². The standard InChI is InChI=1S/C15H23NO3S/c1-12-6-4-8-15(13(12)2)19-11-14-7-5-9-16(10-14)20(3,17)18/h4,6,8,14H,5,7,9-11H2,1-3H3. The molecule has 0 amide bonds. The van der Waals surface area contributed by atoms with E-state index >= 15 is 0 Å². The van der Waals surface area contributed by atoms with E-state index in [9.17, 15) is 8.42 Å². The van der Waals surface area contributed by atoms with Gasteiger partial charge in [-0.2, -0.15) is 0 Å². The summed E-state index contributed by atoms with van der Waals surface area (Å²) in [6.45, 7) is 5.90. The molecular weight excluding hydrogens is 274 g/mol. The van der Waals surface area contributed by atoms with Gasteiger partial charge in [-0.1, -0.05) is 12.1 Å². The number of hydrogen-bond donors (Lipinski definition) is 0. The summed E-state index contributed by atoms with van der Waals surface area (Å²) in [5, 5.41) is 0. The molecule has 2 rings (SSSR count). The smallest absolute Gasteiger partial charge is 0.211 e. The second-order valence-corrected chi connectivity index (χ2v) is 7.62. The molecule has 0 radical (unpaired) electrons. The highest BCUT2D eigenvalue weighted by molar-refractivity contribution is 7.88. The van der Waals surface area contributed by atoms with E-state index in [0.29, 0.717) is 19.7 Å². The van der Waals surface area contributed by atoms with Crippen molar-refractivity contribution < 1.29 is 13.2 Å². The van der Waals surface area contributed by atoms with Crippen LogP contribution >= 0.6 is 0 Å². The molecule has 0 saturated carbocycles. The van der Waals surface area contributed by atoms with Crippen LogP contribution in [0.25, 0.3) is 0 Å². The van der Waals surface area contributed by atoms with Gasteiger partial charge in [-0.25, -0.2) is 12.7 Å². The Bertz CT molecular complexity index is 568. The summed E-state index contributed by atoms with van der Waals surface area (Å²) >= 11 is 0. The molecule has 0 bridgehead atoms. The molecule has 1 atom stereocenters. The van der Waals surface area contributed by atoms with Crippen LogP contribution in [0.1, 0.15) is 24.0 Å². The van der Waals surface area contributed by atoms with Gasteiger partial charge in [0.05, 0.1) is 12.9 Å². The Morgan fingerprint density at radius 2 is 2.10 bits per heavy atom. The number of benzene rings is 1. The van der Waals surface area contributed by atoms with E-state index in [1.54, 1.807) is 4.31 Å². The summed E-state index contributed by atoms with van der Waals surface area (Å²) in [4.78, 5) is 0. The lowest BCUT2D eigenvalue weighted by Gasteiger charge is -2.30. The molecule has 1 aromatic carbocycles. The Morgan fingerprint density at radius 3 is 2.80 bits per heavy atom. The highest BCUT2D eigenvalue weighted by atomic mass is 32.2. The van der Waals surface area contributed by atoms with Gasteiger partial charge in [0.25, 0.3) is 0 Å². The zero-order chi connectivity index (χ0) is 14.8. The summed E-state index contributed by atoms with van der Waals surface area (Å²) in [6, 6.07) is 6.02. The normalized spacial score (nSPS) is 20.9. The Labute approximate surface area is 121 Å². The van der Waals surface area contributed by atoms with Crippen molar-refractivity contribution in [2.75, 3.05) is 26.0 Å². The zero-order valence-corrected chi connectivity index (χ0v) is 13.2. The van der Waals surface area contributed by atoms with E-state index in [4.69, 9.17) is 4.74 Å². The van der Waals surface area contributed by atoms with Gasteiger partial charge < -0.3 is 4.74 Å². The predicted octanol–water partition coefficient (Wildman–Crippen LogP) is 2.35. The summed E-state index contributed by atoms with van der Waals surface area (Å²) < 4.78 is 30.6. The first-order valence-electron chi connectivity index (χ1n) is 7.02. The SMILES string of the molecule is Cc1cccc(OCC2CCCN(S(C)(=O)=O)C2)c1C. The van der Waals surface area contributed by atoms with Crippen LogP contribution in [-0.2, 0) is 10.0 Å².